The molecule has 0 aliphatic heterocycles. The van der Waals surface area contributed by atoms with Gasteiger partial charge in [0.05, 0.1) is 6.20 Å². The summed E-state index contributed by atoms with van der Waals surface area (Å²) in [7, 11) is 0. The lowest BCUT2D eigenvalue weighted by molar-refractivity contribution is -0.129. The van der Waals surface area contributed by atoms with Crippen LogP contribution in [0.5, 0.6) is 0 Å². The third kappa shape index (κ3) is 3.24. The van der Waals surface area contributed by atoms with Crippen LogP contribution in [0.1, 0.15) is 30.3 Å². The lowest BCUT2D eigenvalue weighted by atomic mass is 10.3. The molecule has 0 saturated heterocycles. The zero-order chi connectivity index (χ0) is 12.3. The number of hydrogen-bond acceptors (Lipinski definition) is 5. The number of amides is 1. The highest BCUT2D eigenvalue weighted by Crippen LogP contribution is 2.18. The summed E-state index contributed by atoms with van der Waals surface area (Å²) in [4.78, 5) is 30.6. The van der Waals surface area contributed by atoms with E-state index in [0.29, 0.717) is 0 Å². The third-order valence-electron chi connectivity index (χ3n) is 2.35. The topological polar surface area (TPSA) is 81.2 Å². The molecule has 0 spiro atoms. The number of aromatic nitrogens is 2. The van der Waals surface area contributed by atoms with Crippen molar-refractivity contribution in [2.24, 2.45) is 0 Å². The van der Waals surface area contributed by atoms with Crippen LogP contribution < -0.4 is 5.32 Å². The highest BCUT2D eigenvalue weighted by molar-refractivity contribution is 5.90. The lowest BCUT2D eigenvalue weighted by Gasteiger charge is -2.12. The molecule has 1 fully saturated rings. The van der Waals surface area contributed by atoms with E-state index in [1.807, 2.05) is 0 Å². The van der Waals surface area contributed by atoms with Gasteiger partial charge in [0.25, 0.3) is 5.91 Å². The maximum absolute atomic E-state index is 11.6. The SMILES string of the molecule is C[C@H](OC(=O)c1cnccn1)C(=O)NC1CC1. The Hall–Kier alpha value is -1.98. The summed E-state index contributed by atoms with van der Waals surface area (Å²) in [6.45, 7) is 1.53. The number of rotatable bonds is 4. The molecule has 1 heterocycles. The van der Waals surface area contributed by atoms with Crippen LogP contribution in [0.2, 0.25) is 0 Å². The zero-order valence-electron chi connectivity index (χ0n) is 9.42. The van der Waals surface area contributed by atoms with E-state index in [9.17, 15) is 9.59 Å². The van der Waals surface area contributed by atoms with Gasteiger partial charge < -0.3 is 10.1 Å². The van der Waals surface area contributed by atoms with Crippen LogP contribution in [0.15, 0.2) is 18.6 Å². The van der Waals surface area contributed by atoms with Gasteiger partial charge in [0, 0.05) is 18.4 Å². The normalized spacial score (nSPS) is 16.1. The quantitative estimate of drug-likeness (QED) is 0.759. The van der Waals surface area contributed by atoms with Crippen LogP contribution in [0, 0.1) is 0 Å². The van der Waals surface area contributed by atoms with Crippen molar-refractivity contribution >= 4 is 11.9 Å². The second-order valence-electron chi connectivity index (χ2n) is 3.92. The van der Waals surface area contributed by atoms with Gasteiger partial charge >= 0.3 is 5.97 Å². The first kappa shape index (κ1) is 11.5. The fraction of sp³-hybridized carbons (Fsp3) is 0.455. The minimum absolute atomic E-state index is 0.0959. The third-order valence-corrected chi connectivity index (χ3v) is 2.35. The minimum Gasteiger partial charge on any atom is -0.448 e. The summed E-state index contributed by atoms with van der Waals surface area (Å²) in [5.41, 5.74) is 0.0959. The summed E-state index contributed by atoms with van der Waals surface area (Å²) in [5, 5.41) is 2.76. The summed E-state index contributed by atoms with van der Waals surface area (Å²) in [5.74, 6) is -0.915. The molecular weight excluding hydrogens is 222 g/mol. The Morgan fingerprint density at radius 3 is 2.82 bits per heavy atom. The number of carbonyl (C=O) groups is 2. The highest BCUT2D eigenvalue weighted by Gasteiger charge is 2.27. The molecule has 0 bridgehead atoms. The first-order chi connectivity index (χ1) is 8.16. The monoisotopic (exact) mass is 235 g/mol. The van der Waals surface area contributed by atoms with E-state index in [4.69, 9.17) is 4.74 Å². The average molecular weight is 235 g/mol. The molecule has 1 saturated carbocycles. The summed E-state index contributed by atoms with van der Waals surface area (Å²) in [6, 6.07) is 0.250. The van der Waals surface area contributed by atoms with Crippen molar-refractivity contribution < 1.29 is 14.3 Å². The predicted octanol–water partition coefficient (Wildman–Crippen LogP) is 0.300. The van der Waals surface area contributed by atoms with E-state index in [0.717, 1.165) is 12.8 Å². The van der Waals surface area contributed by atoms with Gasteiger partial charge in [0.2, 0.25) is 0 Å². The largest absolute Gasteiger partial charge is 0.448 e. The standard InChI is InChI=1S/C11H13N3O3/c1-7(10(15)14-8-2-3-8)17-11(16)9-6-12-4-5-13-9/h4-8H,2-3H2,1H3,(H,14,15)/t7-/m0/s1. The maximum atomic E-state index is 11.6. The van der Waals surface area contributed by atoms with Crippen LogP contribution in [-0.2, 0) is 9.53 Å². The van der Waals surface area contributed by atoms with Crippen molar-refractivity contribution in [3.63, 3.8) is 0 Å². The van der Waals surface area contributed by atoms with E-state index in [1.54, 1.807) is 0 Å². The van der Waals surface area contributed by atoms with Crippen molar-refractivity contribution in [2.45, 2.75) is 31.9 Å². The van der Waals surface area contributed by atoms with E-state index in [2.05, 4.69) is 15.3 Å². The number of carbonyl (C=O) groups excluding carboxylic acids is 2. The highest BCUT2D eigenvalue weighted by atomic mass is 16.5. The summed E-state index contributed by atoms with van der Waals surface area (Å²) in [6.07, 6.45) is 5.33. The smallest absolute Gasteiger partial charge is 0.359 e. The molecule has 1 atom stereocenters. The number of nitrogens with one attached hydrogen (secondary N) is 1. The summed E-state index contributed by atoms with van der Waals surface area (Å²) < 4.78 is 4.97. The molecule has 6 nitrogen and oxygen atoms in total. The minimum atomic E-state index is -0.815. The molecular formula is C11H13N3O3. The molecule has 17 heavy (non-hydrogen) atoms. The molecule has 0 unspecified atom stereocenters. The van der Waals surface area contributed by atoms with Crippen LogP contribution in [-0.4, -0.2) is 34.0 Å². The number of esters is 1. The average Bonchev–Trinajstić information content (AvgIpc) is 3.14. The Morgan fingerprint density at radius 2 is 2.24 bits per heavy atom. The van der Waals surface area contributed by atoms with Crippen LogP contribution >= 0.6 is 0 Å². The van der Waals surface area contributed by atoms with E-state index >= 15 is 0 Å². The molecule has 0 aromatic carbocycles. The maximum Gasteiger partial charge on any atom is 0.359 e. The van der Waals surface area contributed by atoms with Gasteiger partial charge in [-0.2, -0.15) is 0 Å². The Labute approximate surface area is 98.4 Å². The van der Waals surface area contributed by atoms with Crippen LogP contribution in [0.3, 0.4) is 0 Å². The zero-order valence-corrected chi connectivity index (χ0v) is 9.42. The molecule has 1 aromatic heterocycles. The molecule has 2 rings (SSSR count). The Morgan fingerprint density at radius 1 is 1.47 bits per heavy atom. The second kappa shape index (κ2) is 4.90. The lowest BCUT2D eigenvalue weighted by Crippen LogP contribution is -2.37. The Balaban J connectivity index is 1.87. The van der Waals surface area contributed by atoms with Gasteiger partial charge in [0.1, 0.15) is 0 Å². The van der Waals surface area contributed by atoms with Crippen molar-refractivity contribution in [3.05, 3.63) is 24.3 Å². The van der Waals surface area contributed by atoms with Gasteiger partial charge in [-0.1, -0.05) is 0 Å². The summed E-state index contributed by atoms with van der Waals surface area (Å²) >= 11 is 0. The van der Waals surface area contributed by atoms with E-state index in [-0.39, 0.29) is 17.6 Å². The van der Waals surface area contributed by atoms with Gasteiger partial charge in [-0.3, -0.25) is 9.78 Å². The Kier molecular flexibility index (Phi) is 3.32. The Bertz CT molecular complexity index is 417. The predicted molar refractivity (Wildman–Crippen MR) is 58.1 cm³/mol. The van der Waals surface area contributed by atoms with E-state index in [1.165, 1.54) is 25.5 Å². The van der Waals surface area contributed by atoms with Crippen LogP contribution in [0.4, 0.5) is 0 Å². The van der Waals surface area contributed by atoms with Crippen molar-refractivity contribution in [2.75, 3.05) is 0 Å². The first-order valence-corrected chi connectivity index (χ1v) is 5.44. The van der Waals surface area contributed by atoms with Gasteiger partial charge in [-0.05, 0) is 19.8 Å². The molecule has 1 aliphatic rings. The fourth-order valence-electron chi connectivity index (χ4n) is 1.23. The van der Waals surface area contributed by atoms with Gasteiger partial charge in [-0.15, -0.1) is 0 Å². The molecule has 1 N–H and O–H groups in total. The van der Waals surface area contributed by atoms with Crippen molar-refractivity contribution in [3.8, 4) is 0 Å². The molecule has 1 amide bonds. The number of nitrogens with zero attached hydrogens (tertiary/aromatic N) is 2. The van der Waals surface area contributed by atoms with Crippen molar-refractivity contribution in [1.82, 2.24) is 15.3 Å². The molecule has 1 aliphatic carbocycles. The molecule has 1 aromatic rings. The van der Waals surface area contributed by atoms with E-state index < -0.39 is 12.1 Å². The van der Waals surface area contributed by atoms with Crippen LogP contribution in [0.25, 0.3) is 0 Å². The van der Waals surface area contributed by atoms with Gasteiger partial charge in [-0.25, -0.2) is 9.78 Å². The fourth-order valence-corrected chi connectivity index (χ4v) is 1.23. The molecule has 90 valence electrons. The molecule has 0 radical (unpaired) electrons. The molecule has 6 heteroatoms. The van der Waals surface area contributed by atoms with Crippen molar-refractivity contribution in [1.29, 1.82) is 0 Å². The van der Waals surface area contributed by atoms with Gasteiger partial charge in [0.15, 0.2) is 11.8 Å². The number of hydrogen-bond donors (Lipinski definition) is 1. The number of ether oxygens (including phenoxy) is 1. The second-order valence-corrected chi connectivity index (χ2v) is 3.92. The first-order valence-electron chi connectivity index (χ1n) is 5.44.